The zero-order chi connectivity index (χ0) is 35.6. The van der Waals surface area contributed by atoms with Crippen LogP contribution in [0.25, 0.3) is 11.1 Å². The summed E-state index contributed by atoms with van der Waals surface area (Å²) in [6.45, 7) is 11.4. The summed E-state index contributed by atoms with van der Waals surface area (Å²) in [5.41, 5.74) is 13.6. The van der Waals surface area contributed by atoms with Crippen LogP contribution in [-0.4, -0.2) is 12.8 Å². The Balaban J connectivity index is 1.38. The fourth-order valence-electron chi connectivity index (χ4n) is 9.34. The quantitative estimate of drug-likeness (QED) is 0.176. The highest BCUT2D eigenvalue weighted by Crippen LogP contribution is 2.52. The molecule has 9 rings (SSSR count). The van der Waals surface area contributed by atoms with E-state index < -0.39 is 6.85 Å². The second-order valence-electron chi connectivity index (χ2n) is 16.9. The molecule has 4 aromatic carbocycles. The van der Waals surface area contributed by atoms with Crippen LogP contribution in [-0.2, 0) is 10.8 Å². The lowest BCUT2D eigenvalue weighted by atomic mass is 9.36. The third kappa shape index (κ3) is 4.58. The fourth-order valence-corrected chi connectivity index (χ4v) is 10.5. The Morgan fingerprint density at radius 2 is 1.50 bits per heavy atom. The van der Waals surface area contributed by atoms with E-state index in [9.17, 15) is 0 Å². The van der Waals surface area contributed by atoms with Crippen LogP contribution in [0.3, 0.4) is 0 Å². The predicted molar refractivity (Wildman–Crippen MR) is 209 cm³/mol. The third-order valence-electron chi connectivity index (χ3n) is 11.8. The van der Waals surface area contributed by atoms with Crippen molar-refractivity contribution in [2.24, 2.45) is 11.8 Å². The first-order valence-corrected chi connectivity index (χ1v) is 18.8. The molecule has 1 aromatic heterocycles. The van der Waals surface area contributed by atoms with E-state index in [1.54, 1.807) is 0 Å². The van der Waals surface area contributed by atoms with Gasteiger partial charge in [-0.05, 0) is 112 Å². The second-order valence-corrected chi connectivity index (χ2v) is 17.8. The highest BCUT2D eigenvalue weighted by Gasteiger charge is 2.50. The van der Waals surface area contributed by atoms with Gasteiger partial charge in [0.25, 0.3) is 6.71 Å². The predicted octanol–water partition coefficient (Wildman–Crippen LogP) is 10.3. The number of hydrogen-bond acceptors (Lipinski definition) is 3. The molecule has 242 valence electrons. The van der Waals surface area contributed by atoms with Crippen LogP contribution < -0.4 is 25.5 Å². The molecule has 0 saturated heterocycles. The molecule has 48 heavy (non-hydrogen) atoms. The van der Waals surface area contributed by atoms with Gasteiger partial charge in [-0.25, -0.2) is 0 Å². The molecule has 4 heteroatoms. The highest BCUT2D eigenvalue weighted by molar-refractivity contribution is 7.28. The average Bonchev–Trinajstić information content (AvgIpc) is 3.84. The summed E-state index contributed by atoms with van der Waals surface area (Å²) in [6.07, 6.45) is 5.03. The van der Waals surface area contributed by atoms with Gasteiger partial charge < -0.3 is 9.80 Å². The molecule has 0 N–H and O–H groups in total. The Labute approximate surface area is 296 Å². The molecule has 0 radical (unpaired) electrons. The largest absolute Gasteiger partial charge is 0.339 e. The maximum absolute atomic E-state index is 8.79. The maximum Gasteiger partial charge on any atom is 0.264 e. The van der Waals surface area contributed by atoms with Crippen molar-refractivity contribution in [1.82, 2.24) is 0 Å². The maximum atomic E-state index is 8.79. The number of aryl methyl sites for hydroxylation is 1. The van der Waals surface area contributed by atoms with E-state index >= 15 is 0 Å². The number of fused-ring (bicyclic) bond motifs is 6. The molecule has 2 aliphatic carbocycles. The van der Waals surface area contributed by atoms with Gasteiger partial charge in [-0.1, -0.05) is 103 Å². The van der Waals surface area contributed by atoms with Crippen LogP contribution in [0.5, 0.6) is 0 Å². The van der Waals surface area contributed by atoms with Gasteiger partial charge in [-0.3, -0.25) is 0 Å². The third-order valence-corrected chi connectivity index (χ3v) is 12.8. The van der Waals surface area contributed by atoms with Gasteiger partial charge in [-0.15, -0.1) is 0 Å². The van der Waals surface area contributed by atoms with Crippen molar-refractivity contribution in [3.05, 3.63) is 107 Å². The van der Waals surface area contributed by atoms with E-state index in [1.807, 2.05) is 23.5 Å². The van der Waals surface area contributed by atoms with E-state index in [2.05, 4.69) is 130 Å². The van der Waals surface area contributed by atoms with Crippen molar-refractivity contribution in [1.29, 1.82) is 0 Å². The van der Waals surface area contributed by atoms with Crippen molar-refractivity contribution in [3.63, 3.8) is 0 Å². The van der Waals surface area contributed by atoms with E-state index in [1.165, 1.54) is 75.0 Å². The molecular weight excluding hydrogens is 599 g/mol. The molecule has 3 heterocycles. The van der Waals surface area contributed by atoms with Crippen LogP contribution in [0.4, 0.5) is 28.4 Å². The first-order chi connectivity index (χ1) is 24.2. The molecule has 2 nitrogen and oxygen atoms in total. The molecule has 2 aliphatic heterocycles. The van der Waals surface area contributed by atoms with Crippen LogP contribution in [0.1, 0.15) is 88.0 Å². The first kappa shape index (κ1) is 27.1. The van der Waals surface area contributed by atoms with Crippen LogP contribution in [0, 0.1) is 18.7 Å². The summed E-state index contributed by atoms with van der Waals surface area (Å²) in [5.74, 6) is 1.38. The normalized spacial score (nSPS) is 22.2. The number of hydrogen-bond donors (Lipinski definition) is 0. The smallest absolute Gasteiger partial charge is 0.264 e. The molecule has 0 spiro atoms. The molecule has 2 bridgehead atoms. The first-order valence-electron chi connectivity index (χ1n) is 19.4. The van der Waals surface area contributed by atoms with E-state index in [0.29, 0.717) is 17.5 Å². The Kier molecular flexibility index (Phi) is 6.00. The van der Waals surface area contributed by atoms with Crippen molar-refractivity contribution in [2.45, 2.75) is 90.9 Å². The summed E-state index contributed by atoms with van der Waals surface area (Å²) in [4.78, 5) is 5.02. The van der Waals surface area contributed by atoms with Crippen LogP contribution in [0.15, 0.2) is 90.3 Å². The van der Waals surface area contributed by atoms with E-state index in [4.69, 9.17) is 4.11 Å². The molecule has 5 aromatic rings. The van der Waals surface area contributed by atoms with Gasteiger partial charge >= 0.3 is 0 Å². The van der Waals surface area contributed by atoms with Crippen molar-refractivity contribution in [3.8, 4) is 11.1 Å². The Morgan fingerprint density at radius 3 is 2.17 bits per heavy atom. The number of benzene rings is 4. The van der Waals surface area contributed by atoms with Gasteiger partial charge in [0, 0.05) is 48.6 Å². The van der Waals surface area contributed by atoms with Gasteiger partial charge in [0.05, 0.1) is 5.69 Å². The zero-order valence-corrected chi connectivity index (χ0v) is 29.9. The topological polar surface area (TPSA) is 6.48 Å². The minimum absolute atomic E-state index is 0.00430. The van der Waals surface area contributed by atoms with Gasteiger partial charge in [0.1, 0.15) is 0 Å². The summed E-state index contributed by atoms with van der Waals surface area (Å²) < 4.78 is 27.7. The number of rotatable bonds is 3. The number of thiophene rings is 1. The second kappa shape index (κ2) is 10.6. The number of nitrogens with zero attached hydrogens (tertiary/aromatic N) is 2. The van der Waals surface area contributed by atoms with E-state index in [-0.39, 0.29) is 17.5 Å². The molecule has 4 aliphatic rings. The standard InChI is InChI=1S/C44H47BN2S/c1-27-21-38-40-39(22-27)47(37-24-28-13-14-30(37)23-28)36-20-17-32(44(5,6)7)25-35(36)45(40)42-41(34(26-48-42)29-11-9-8-10-12-29)46(38)33-18-15-31(16-19-33)43(2,3)4/h8-12,15-22,25-26,28,30,37H,13-14,23-24H2,1-7H3/i1D3. The minimum atomic E-state index is -2.25. The lowest BCUT2D eigenvalue weighted by molar-refractivity contribution is 0.413. The Bertz CT molecular complexity index is 2160. The lowest BCUT2D eigenvalue weighted by Crippen LogP contribution is -2.62. The van der Waals surface area contributed by atoms with Gasteiger partial charge in [-0.2, -0.15) is 11.3 Å². The molecule has 2 saturated carbocycles. The molecule has 0 amide bonds. The molecule has 3 unspecified atom stereocenters. The highest BCUT2D eigenvalue weighted by atomic mass is 32.1. The average molecular weight is 650 g/mol. The van der Waals surface area contributed by atoms with E-state index in [0.717, 1.165) is 23.0 Å². The van der Waals surface area contributed by atoms with Crippen LogP contribution in [0.2, 0.25) is 0 Å². The molecular formula is C44H47BN2S. The van der Waals surface area contributed by atoms with Gasteiger partial charge in [0.15, 0.2) is 0 Å². The summed E-state index contributed by atoms with van der Waals surface area (Å²) in [6, 6.07) is 31.3. The Hall–Kier alpha value is -3.76. The summed E-state index contributed by atoms with van der Waals surface area (Å²) in [7, 11) is 0. The monoisotopic (exact) mass is 649 g/mol. The number of anilines is 5. The fraction of sp³-hybridized carbons (Fsp3) is 0.364. The lowest BCUT2D eigenvalue weighted by Gasteiger charge is -2.47. The summed E-state index contributed by atoms with van der Waals surface area (Å²) in [5, 5.41) is 2.34. The molecule has 2 fully saturated rings. The van der Waals surface area contributed by atoms with Gasteiger partial charge in [0.2, 0.25) is 0 Å². The minimum Gasteiger partial charge on any atom is -0.339 e. The van der Waals surface area contributed by atoms with Crippen LogP contribution >= 0.6 is 11.3 Å². The SMILES string of the molecule is [2H]C([2H])([2H])c1cc2c3c(c1)N(C1CC4CCC1C4)c1ccc(C(C)(C)C)cc1B3c1scc(-c3ccccc3)c1N2c1ccc(C(C)(C)C)cc1. The molecule has 3 atom stereocenters. The summed E-state index contributed by atoms with van der Waals surface area (Å²) >= 11 is 1.85. The van der Waals surface area contributed by atoms with Crippen molar-refractivity contribution < 1.29 is 4.11 Å². The zero-order valence-electron chi connectivity index (χ0n) is 32.1. The van der Waals surface area contributed by atoms with Crippen molar-refractivity contribution in [2.75, 3.05) is 9.80 Å². The van der Waals surface area contributed by atoms with Crippen molar-refractivity contribution >= 4 is 62.2 Å². The Morgan fingerprint density at radius 1 is 0.771 bits per heavy atom.